The van der Waals surface area contributed by atoms with E-state index in [0.29, 0.717) is 17.4 Å². The Morgan fingerprint density at radius 3 is 2.64 bits per heavy atom. The molecule has 0 aromatic heterocycles. The Labute approximate surface area is 176 Å². The molecule has 0 aromatic carbocycles. The number of fused-ring (bicyclic) bond motifs is 5. The Hall–Kier alpha value is -0.380. The molecule has 28 heavy (non-hydrogen) atoms. The second kappa shape index (κ2) is 8.40. The highest BCUT2D eigenvalue weighted by atomic mass is 32.2. The molecular weight excluding hydrogens is 366 g/mol. The molecule has 0 heterocycles. The lowest BCUT2D eigenvalue weighted by Gasteiger charge is -2.60. The maximum Gasteiger partial charge on any atom is 0.417 e. The molecule has 0 saturated heterocycles. The van der Waals surface area contributed by atoms with E-state index >= 15 is 0 Å². The summed E-state index contributed by atoms with van der Waals surface area (Å²) in [4.78, 5) is 11.7. The molecule has 7 unspecified atom stereocenters. The average molecular weight is 408 g/mol. The first-order chi connectivity index (χ1) is 13.5. The third-order valence-corrected chi connectivity index (χ3v) is 10.4. The standard InChI is InChI=1S/C24H41NO2S/c1-4-28-25-22(26)27-16-13-18-9-11-20-19-10-8-17-7-5-6-14-23(17,2)21(19)12-15-24(18,20)3/h17-21H,4-16H2,1-3H3,(H,25,26). The second-order valence-electron chi connectivity index (χ2n) is 10.7. The van der Waals surface area contributed by atoms with E-state index in [0.717, 1.165) is 41.8 Å². The molecule has 4 heteroatoms. The topological polar surface area (TPSA) is 38.3 Å². The fourth-order valence-electron chi connectivity index (χ4n) is 8.33. The Kier molecular flexibility index (Phi) is 6.26. The van der Waals surface area contributed by atoms with E-state index in [1.807, 2.05) is 6.92 Å². The van der Waals surface area contributed by atoms with Gasteiger partial charge in [0.25, 0.3) is 0 Å². The van der Waals surface area contributed by atoms with Crippen LogP contribution in [0.2, 0.25) is 0 Å². The molecule has 4 rings (SSSR count). The first-order valence-corrected chi connectivity index (χ1v) is 13.0. The molecule has 7 atom stereocenters. The molecule has 3 nitrogen and oxygen atoms in total. The van der Waals surface area contributed by atoms with Gasteiger partial charge in [-0.25, -0.2) is 4.79 Å². The lowest BCUT2D eigenvalue weighted by Crippen LogP contribution is -2.52. The number of ether oxygens (including phenoxy) is 1. The summed E-state index contributed by atoms with van der Waals surface area (Å²) in [5.41, 5.74) is 1.12. The zero-order valence-electron chi connectivity index (χ0n) is 18.3. The van der Waals surface area contributed by atoms with Crippen LogP contribution in [0.4, 0.5) is 4.79 Å². The summed E-state index contributed by atoms with van der Waals surface area (Å²) in [6.45, 7) is 7.87. The molecule has 0 radical (unpaired) electrons. The van der Waals surface area contributed by atoms with Crippen molar-refractivity contribution in [2.75, 3.05) is 12.4 Å². The summed E-state index contributed by atoms with van der Waals surface area (Å²) in [5.74, 6) is 5.49. The van der Waals surface area contributed by atoms with E-state index in [2.05, 4.69) is 18.6 Å². The van der Waals surface area contributed by atoms with Crippen LogP contribution in [0.15, 0.2) is 0 Å². The molecule has 0 aromatic rings. The van der Waals surface area contributed by atoms with E-state index in [1.165, 1.54) is 76.2 Å². The zero-order chi connectivity index (χ0) is 19.8. The molecule has 4 fully saturated rings. The van der Waals surface area contributed by atoms with Gasteiger partial charge < -0.3 is 4.74 Å². The molecule has 0 aliphatic heterocycles. The summed E-state index contributed by atoms with van der Waals surface area (Å²) < 4.78 is 8.20. The second-order valence-corrected chi connectivity index (χ2v) is 11.8. The van der Waals surface area contributed by atoms with Gasteiger partial charge in [0, 0.05) is 5.75 Å². The molecule has 160 valence electrons. The van der Waals surface area contributed by atoms with E-state index in [9.17, 15) is 4.79 Å². The van der Waals surface area contributed by atoms with E-state index in [-0.39, 0.29) is 6.09 Å². The van der Waals surface area contributed by atoms with Crippen LogP contribution in [0.25, 0.3) is 0 Å². The minimum absolute atomic E-state index is 0.265. The molecule has 0 spiro atoms. The number of hydrogen-bond donors (Lipinski definition) is 1. The number of nitrogens with one attached hydrogen (secondary N) is 1. The molecule has 4 saturated carbocycles. The number of carbonyl (C=O) groups excluding carboxylic acids is 1. The Bertz CT molecular complexity index is 569. The smallest absolute Gasteiger partial charge is 0.417 e. The van der Waals surface area contributed by atoms with Gasteiger partial charge in [0.15, 0.2) is 0 Å². The summed E-state index contributed by atoms with van der Waals surface area (Å²) in [6, 6.07) is 0. The van der Waals surface area contributed by atoms with E-state index < -0.39 is 0 Å². The molecule has 1 amide bonds. The zero-order valence-corrected chi connectivity index (χ0v) is 19.1. The predicted octanol–water partition coefficient (Wildman–Crippen LogP) is 6.82. The number of amides is 1. The van der Waals surface area contributed by atoms with Gasteiger partial charge in [-0.2, -0.15) is 0 Å². The fraction of sp³-hybridized carbons (Fsp3) is 0.958. The van der Waals surface area contributed by atoms with Crippen molar-refractivity contribution in [2.24, 2.45) is 40.4 Å². The maximum absolute atomic E-state index is 11.7. The quantitative estimate of drug-likeness (QED) is 0.508. The third kappa shape index (κ3) is 3.61. The summed E-state index contributed by atoms with van der Waals surface area (Å²) >= 11 is 1.41. The van der Waals surface area contributed by atoms with Gasteiger partial charge in [-0.05, 0) is 110 Å². The summed E-state index contributed by atoms with van der Waals surface area (Å²) in [6.07, 6.45) is 15.3. The largest absolute Gasteiger partial charge is 0.449 e. The molecular formula is C24H41NO2S. The maximum atomic E-state index is 11.7. The predicted molar refractivity (Wildman–Crippen MR) is 117 cm³/mol. The lowest BCUT2D eigenvalue weighted by molar-refractivity contribution is -0.111. The van der Waals surface area contributed by atoms with Crippen LogP contribution in [0.5, 0.6) is 0 Å². The summed E-state index contributed by atoms with van der Waals surface area (Å²) in [5, 5.41) is 0. The van der Waals surface area contributed by atoms with Gasteiger partial charge in [0.05, 0.1) is 6.61 Å². The van der Waals surface area contributed by atoms with Crippen molar-refractivity contribution in [2.45, 2.75) is 91.4 Å². The normalized spacial score (nSPS) is 44.9. The van der Waals surface area contributed by atoms with Gasteiger partial charge in [0.2, 0.25) is 0 Å². The van der Waals surface area contributed by atoms with Crippen molar-refractivity contribution >= 4 is 18.0 Å². The van der Waals surface area contributed by atoms with Crippen LogP contribution in [-0.2, 0) is 4.74 Å². The van der Waals surface area contributed by atoms with Crippen LogP contribution >= 0.6 is 11.9 Å². The van der Waals surface area contributed by atoms with Crippen LogP contribution in [0, 0.1) is 40.4 Å². The third-order valence-electron chi connectivity index (χ3n) is 9.78. The van der Waals surface area contributed by atoms with Crippen molar-refractivity contribution in [3.63, 3.8) is 0 Å². The van der Waals surface area contributed by atoms with Crippen molar-refractivity contribution in [1.29, 1.82) is 0 Å². The monoisotopic (exact) mass is 407 g/mol. The van der Waals surface area contributed by atoms with Crippen LogP contribution in [0.3, 0.4) is 0 Å². The minimum Gasteiger partial charge on any atom is -0.449 e. The molecule has 1 N–H and O–H groups in total. The van der Waals surface area contributed by atoms with Crippen LogP contribution in [-0.4, -0.2) is 18.5 Å². The van der Waals surface area contributed by atoms with Gasteiger partial charge in [-0.1, -0.05) is 33.6 Å². The molecule has 4 aliphatic rings. The SMILES string of the molecule is CCSNC(=O)OCCC1CCC2C3CCC4CCCCC4(C)C3CCC12C. The Balaban J connectivity index is 1.37. The van der Waals surface area contributed by atoms with Crippen molar-refractivity contribution in [3.8, 4) is 0 Å². The van der Waals surface area contributed by atoms with Crippen molar-refractivity contribution in [3.05, 3.63) is 0 Å². The first-order valence-electron chi connectivity index (χ1n) is 12.0. The summed E-state index contributed by atoms with van der Waals surface area (Å²) in [7, 11) is 0. The van der Waals surface area contributed by atoms with E-state index in [4.69, 9.17) is 4.74 Å². The lowest BCUT2D eigenvalue weighted by atomic mass is 9.45. The highest BCUT2D eigenvalue weighted by molar-refractivity contribution is 7.97. The van der Waals surface area contributed by atoms with Gasteiger partial charge in [-0.3, -0.25) is 4.72 Å². The van der Waals surface area contributed by atoms with Crippen molar-refractivity contribution < 1.29 is 9.53 Å². The number of hydrogen-bond acceptors (Lipinski definition) is 3. The van der Waals surface area contributed by atoms with Gasteiger partial charge in [-0.15, -0.1) is 0 Å². The van der Waals surface area contributed by atoms with Crippen LogP contribution < -0.4 is 4.72 Å². The fourth-order valence-corrected chi connectivity index (χ4v) is 8.65. The average Bonchev–Trinajstić information content (AvgIpc) is 3.02. The minimum atomic E-state index is -0.265. The Morgan fingerprint density at radius 1 is 1.00 bits per heavy atom. The highest BCUT2D eigenvalue weighted by Gasteiger charge is 2.59. The van der Waals surface area contributed by atoms with Crippen molar-refractivity contribution in [1.82, 2.24) is 4.72 Å². The number of rotatable bonds is 5. The first kappa shape index (κ1) is 20.9. The van der Waals surface area contributed by atoms with Gasteiger partial charge in [0.1, 0.15) is 0 Å². The van der Waals surface area contributed by atoms with Crippen LogP contribution in [0.1, 0.15) is 91.4 Å². The highest BCUT2D eigenvalue weighted by Crippen LogP contribution is 2.67. The van der Waals surface area contributed by atoms with E-state index in [1.54, 1.807) is 0 Å². The van der Waals surface area contributed by atoms with Gasteiger partial charge >= 0.3 is 6.09 Å². The molecule has 0 bridgehead atoms. The number of carbonyl (C=O) groups is 1. The Morgan fingerprint density at radius 2 is 1.82 bits per heavy atom. The molecule has 4 aliphatic carbocycles.